The molecule has 0 radical (unpaired) electrons. The lowest BCUT2D eigenvalue weighted by Crippen LogP contribution is -2.45. The molecule has 1 saturated heterocycles. The summed E-state index contributed by atoms with van der Waals surface area (Å²) in [6.45, 7) is 11.8. The molecule has 150 valence electrons. The van der Waals surface area contributed by atoms with Crippen LogP contribution in [0.25, 0.3) is 0 Å². The van der Waals surface area contributed by atoms with Crippen LogP contribution in [-0.4, -0.2) is 40.0 Å². The quantitative estimate of drug-likeness (QED) is 0.803. The van der Waals surface area contributed by atoms with Crippen LogP contribution in [-0.2, 0) is 16.6 Å². The maximum Gasteiger partial charge on any atom is 0.317 e. The van der Waals surface area contributed by atoms with Crippen LogP contribution in [0.2, 0.25) is 0 Å². The van der Waals surface area contributed by atoms with E-state index < -0.39 is 0 Å². The van der Waals surface area contributed by atoms with Gasteiger partial charge in [0.25, 0.3) is 0 Å². The molecule has 0 bridgehead atoms. The fourth-order valence-corrected chi connectivity index (χ4v) is 3.57. The van der Waals surface area contributed by atoms with Gasteiger partial charge in [-0.15, -0.1) is 0 Å². The number of carbonyl (C=O) groups excluding carboxylic acids is 1. The molecule has 0 N–H and O–H groups in total. The molecule has 5 nitrogen and oxygen atoms in total. The third-order valence-electron chi connectivity index (χ3n) is 5.14. The van der Waals surface area contributed by atoms with Gasteiger partial charge in [-0.25, -0.2) is 9.97 Å². The van der Waals surface area contributed by atoms with Gasteiger partial charge in [0.05, 0.1) is 13.0 Å². The Morgan fingerprint density at radius 1 is 1.14 bits per heavy atom. The summed E-state index contributed by atoms with van der Waals surface area (Å²) in [5.41, 5.74) is 4.24. The van der Waals surface area contributed by atoms with Crippen LogP contribution in [0, 0.1) is 13.8 Å². The maximum atomic E-state index is 12.8. The van der Waals surface area contributed by atoms with Gasteiger partial charge >= 0.3 is 6.01 Å². The van der Waals surface area contributed by atoms with Crippen molar-refractivity contribution in [3.05, 3.63) is 52.8 Å². The molecule has 1 amide bonds. The van der Waals surface area contributed by atoms with E-state index in [1.165, 1.54) is 5.56 Å². The molecule has 5 heteroatoms. The summed E-state index contributed by atoms with van der Waals surface area (Å²) < 4.78 is 5.98. The van der Waals surface area contributed by atoms with Gasteiger partial charge in [0.15, 0.2) is 0 Å². The van der Waals surface area contributed by atoms with Gasteiger partial charge in [-0.2, -0.15) is 0 Å². The number of hydrogen-bond acceptors (Lipinski definition) is 4. The van der Waals surface area contributed by atoms with Gasteiger partial charge in [-0.05, 0) is 49.3 Å². The summed E-state index contributed by atoms with van der Waals surface area (Å²) in [6.07, 6.45) is 2.23. The Morgan fingerprint density at radius 3 is 2.39 bits per heavy atom. The van der Waals surface area contributed by atoms with E-state index in [2.05, 4.69) is 55.0 Å². The van der Waals surface area contributed by atoms with Crippen molar-refractivity contribution in [2.45, 2.75) is 65.4 Å². The second-order valence-electron chi connectivity index (χ2n) is 8.78. The van der Waals surface area contributed by atoms with Crippen molar-refractivity contribution in [1.29, 1.82) is 0 Å². The summed E-state index contributed by atoms with van der Waals surface area (Å²) in [4.78, 5) is 23.4. The number of benzene rings is 1. The Bertz CT molecular complexity index is 804. The van der Waals surface area contributed by atoms with E-state index >= 15 is 0 Å². The zero-order chi connectivity index (χ0) is 20.3. The SMILES string of the molecule is Cc1cc(C)nc(OC2CCCN(C(=O)Cc3ccc(C(C)(C)C)cc3)C2)n1. The summed E-state index contributed by atoms with van der Waals surface area (Å²) in [5.74, 6) is 0.151. The highest BCUT2D eigenvalue weighted by Gasteiger charge is 2.26. The number of nitrogens with zero attached hydrogens (tertiary/aromatic N) is 3. The minimum absolute atomic E-state index is 0.0535. The van der Waals surface area contributed by atoms with E-state index in [1.54, 1.807) is 0 Å². The molecule has 1 aromatic carbocycles. The molecule has 1 aromatic heterocycles. The van der Waals surface area contributed by atoms with Crippen molar-refractivity contribution >= 4 is 5.91 Å². The van der Waals surface area contributed by atoms with Crippen LogP contribution in [0.5, 0.6) is 6.01 Å². The molecule has 0 spiro atoms. The lowest BCUT2D eigenvalue weighted by Gasteiger charge is -2.32. The highest BCUT2D eigenvalue weighted by Crippen LogP contribution is 2.23. The van der Waals surface area contributed by atoms with Crippen LogP contribution < -0.4 is 4.74 Å². The van der Waals surface area contributed by atoms with E-state index in [0.29, 0.717) is 19.0 Å². The van der Waals surface area contributed by atoms with E-state index in [1.807, 2.05) is 24.8 Å². The van der Waals surface area contributed by atoms with Crippen molar-refractivity contribution in [2.75, 3.05) is 13.1 Å². The number of aryl methyl sites for hydroxylation is 2. The van der Waals surface area contributed by atoms with Crippen molar-refractivity contribution in [3.63, 3.8) is 0 Å². The number of piperidine rings is 1. The Hall–Kier alpha value is -2.43. The van der Waals surface area contributed by atoms with Gasteiger partial charge in [0, 0.05) is 17.9 Å². The Morgan fingerprint density at radius 2 is 1.79 bits per heavy atom. The van der Waals surface area contributed by atoms with Crippen LogP contribution in [0.4, 0.5) is 0 Å². The highest BCUT2D eigenvalue weighted by molar-refractivity contribution is 5.79. The predicted molar refractivity (Wildman–Crippen MR) is 111 cm³/mol. The number of carbonyl (C=O) groups is 1. The van der Waals surface area contributed by atoms with Gasteiger partial charge in [-0.1, -0.05) is 45.0 Å². The number of aromatic nitrogens is 2. The molecular weight excluding hydrogens is 350 g/mol. The fourth-order valence-electron chi connectivity index (χ4n) is 3.57. The first kappa shape index (κ1) is 20.3. The molecule has 1 atom stereocenters. The maximum absolute atomic E-state index is 12.8. The lowest BCUT2D eigenvalue weighted by molar-refractivity contribution is -0.133. The first-order chi connectivity index (χ1) is 13.2. The zero-order valence-corrected chi connectivity index (χ0v) is 17.7. The second kappa shape index (κ2) is 8.29. The van der Waals surface area contributed by atoms with Crippen molar-refractivity contribution < 1.29 is 9.53 Å². The smallest absolute Gasteiger partial charge is 0.317 e. The second-order valence-corrected chi connectivity index (χ2v) is 8.78. The third kappa shape index (κ3) is 5.31. The molecule has 1 unspecified atom stereocenters. The summed E-state index contributed by atoms with van der Waals surface area (Å²) in [6, 6.07) is 10.7. The summed E-state index contributed by atoms with van der Waals surface area (Å²) >= 11 is 0. The number of ether oxygens (including phenoxy) is 1. The minimum atomic E-state index is -0.0535. The minimum Gasteiger partial charge on any atom is -0.458 e. The van der Waals surface area contributed by atoms with Crippen LogP contribution >= 0.6 is 0 Å². The Balaban J connectivity index is 1.59. The van der Waals surface area contributed by atoms with Crippen LogP contribution in [0.3, 0.4) is 0 Å². The van der Waals surface area contributed by atoms with Crippen LogP contribution in [0.1, 0.15) is 56.1 Å². The monoisotopic (exact) mass is 381 g/mol. The number of amides is 1. The molecule has 1 fully saturated rings. The topological polar surface area (TPSA) is 55.3 Å². The van der Waals surface area contributed by atoms with Crippen molar-refractivity contribution in [1.82, 2.24) is 14.9 Å². The summed E-state index contributed by atoms with van der Waals surface area (Å²) in [7, 11) is 0. The molecule has 2 heterocycles. The first-order valence-corrected chi connectivity index (χ1v) is 10.1. The van der Waals surface area contributed by atoms with E-state index in [0.717, 1.165) is 36.3 Å². The normalized spacial score (nSPS) is 17.5. The van der Waals surface area contributed by atoms with Crippen molar-refractivity contribution in [2.24, 2.45) is 0 Å². The molecule has 0 saturated carbocycles. The van der Waals surface area contributed by atoms with Gasteiger partial charge in [0.2, 0.25) is 5.91 Å². The molecule has 0 aliphatic carbocycles. The lowest BCUT2D eigenvalue weighted by atomic mass is 9.86. The van der Waals surface area contributed by atoms with Crippen LogP contribution in [0.15, 0.2) is 30.3 Å². The van der Waals surface area contributed by atoms with Crippen molar-refractivity contribution in [3.8, 4) is 6.01 Å². The average Bonchev–Trinajstić information content (AvgIpc) is 2.61. The third-order valence-corrected chi connectivity index (χ3v) is 5.14. The average molecular weight is 382 g/mol. The molecular formula is C23H31N3O2. The van der Waals surface area contributed by atoms with Gasteiger partial charge < -0.3 is 9.64 Å². The molecule has 1 aliphatic heterocycles. The van der Waals surface area contributed by atoms with E-state index in [-0.39, 0.29) is 17.4 Å². The molecule has 1 aliphatic rings. The number of likely N-dealkylation sites (tertiary alicyclic amines) is 1. The Labute approximate surface area is 168 Å². The van der Waals surface area contributed by atoms with E-state index in [9.17, 15) is 4.79 Å². The molecule has 2 aromatic rings. The number of rotatable bonds is 4. The zero-order valence-electron chi connectivity index (χ0n) is 17.7. The Kier molecular flexibility index (Phi) is 6.01. The van der Waals surface area contributed by atoms with Gasteiger partial charge in [-0.3, -0.25) is 4.79 Å². The fraction of sp³-hybridized carbons (Fsp3) is 0.522. The highest BCUT2D eigenvalue weighted by atomic mass is 16.5. The largest absolute Gasteiger partial charge is 0.458 e. The molecule has 28 heavy (non-hydrogen) atoms. The van der Waals surface area contributed by atoms with Gasteiger partial charge in [0.1, 0.15) is 6.10 Å². The molecule has 3 rings (SSSR count). The standard InChI is InChI=1S/C23H31N3O2/c1-16-13-17(2)25-22(24-16)28-20-7-6-12-26(15-20)21(27)14-18-8-10-19(11-9-18)23(3,4)5/h8-11,13,20H,6-7,12,14-15H2,1-5H3. The summed E-state index contributed by atoms with van der Waals surface area (Å²) in [5, 5.41) is 0. The number of hydrogen-bond donors (Lipinski definition) is 0. The predicted octanol–water partition coefficient (Wildman–Crippen LogP) is 4.00. The van der Waals surface area contributed by atoms with E-state index in [4.69, 9.17) is 4.74 Å². The first-order valence-electron chi connectivity index (χ1n) is 10.1.